The Morgan fingerprint density at radius 2 is 1.57 bits per heavy atom. The van der Waals surface area contributed by atoms with Gasteiger partial charge in [0.2, 0.25) is 21.8 Å². The lowest BCUT2D eigenvalue weighted by Crippen LogP contribution is -2.62. The molecule has 8 nitrogen and oxygen atoms in total. The molecule has 2 heterocycles. The molecule has 0 bridgehead atoms. The molecule has 0 aliphatic carbocycles. The van der Waals surface area contributed by atoms with E-state index in [0.29, 0.717) is 18.7 Å². The summed E-state index contributed by atoms with van der Waals surface area (Å²) >= 11 is 0. The number of carbonyl (C=O) groups is 3. The van der Waals surface area contributed by atoms with Crippen LogP contribution < -0.4 is 5.14 Å². The second kappa shape index (κ2) is 5.43. The molecule has 2 N–H and O–H groups in total. The standard InChI is InChI=1S/C14H15N3O5S/c15-23(21,22)11-3-1-9(2-4-11)14(20)16-7-10(8-16)17-12(18)5-6-13(17)19/h1-4,10H,5-8H2,(H2,15,21,22). The summed E-state index contributed by atoms with van der Waals surface area (Å²) in [5.74, 6) is -0.657. The number of amides is 3. The molecule has 0 saturated carbocycles. The molecule has 23 heavy (non-hydrogen) atoms. The SMILES string of the molecule is NS(=O)(=O)c1ccc(C(=O)N2CC(N3C(=O)CCC3=O)C2)cc1. The fourth-order valence-corrected chi connectivity index (χ4v) is 3.27. The predicted octanol–water partition coefficient (Wildman–Crippen LogP) is -0.693. The highest BCUT2D eigenvalue weighted by molar-refractivity contribution is 7.89. The molecule has 2 aliphatic rings. The van der Waals surface area contributed by atoms with E-state index in [-0.39, 0.29) is 41.5 Å². The average Bonchev–Trinajstić information content (AvgIpc) is 2.77. The van der Waals surface area contributed by atoms with Gasteiger partial charge in [0.05, 0.1) is 10.9 Å². The summed E-state index contributed by atoms with van der Waals surface area (Å²) in [6.07, 6.45) is 0.469. The van der Waals surface area contributed by atoms with E-state index in [1.54, 1.807) is 0 Å². The Morgan fingerprint density at radius 3 is 2.04 bits per heavy atom. The molecule has 0 radical (unpaired) electrons. The molecule has 9 heteroatoms. The third-order valence-corrected chi connectivity index (χ3v) is 4.96. The Morgan fingerprint density at radius 1 is 1.04 bits per heavy atom. The minimum absolute atomic E-state index is 0.0659. The Hall–Kier alpha value is -2.26. The molecule has 0 aromatic heterocycles. The lowest BCUT2D eigenvalue weighted by Gasteiger charge is -2.43. The van der Waals surface area contributed by atoms with Crippen molar-refractivity contribution in [3.8, 4) is 0 Å². The number of nitrogens with zero attached hydrogens (tertiary/aromatic N) is 2. The van der Waals surface area contributed by atoms with Crippen molar-refractivity contribution in [3.63, 3.8) is 0 Å². The van der Waals surface area contributed by atoms with Crippen molar-refractivity contribution in [3.05, 3.63) is 29.8 Å². The summed E-state index contributed by atoms with van der Waals surface area (Å²) < 4.78 is 22.4. The monoisotopic (exact) mass is 337 g/mol. The second-order valence-electron chi connectivity index (χ2n) is 5.59. The first-order valence-electron chi connectivity index (χ1n) is 7.04. The number of likely N-dealkylation sites (tertiary alicyclic amines) is 2. The van der Waals surface area contributed by atoms with E-state index < -0.39 is 10.0 Å². The minimum Gasteiger partial charge on any atom is -0.334 e. The van der Waals surface area contributed by atoms with Crippen molar-refractivity contribution >= 4 is 27.7 Å². The Kier molecular flexibility index (Phi) is 3.69. The zero-order valence-corrected chi connectivity index (χ0v) is 13.0. The molecule has 0 spiro atoms. The number of hydrogen-bond acceptors (Lipinski definition) is 5. The number of imide groups is 1. The molecular weight excluding hydrogens is 322 g/mol. The van der Waals surface area contributed by atoms with Crippen molar-refractivity contribution in [2.75, 3.05) is 13.1 Å². The number of primary sulfonamides is 1. The molecule has 0 unspecified atom stereocenters. The van der Waals surface area contributed by atoms with Gasteiger partial charge in [0.15, 0.2) is 0 Å². The lowest BCUT2D eigenvalue weighted by atomic mass is 10.1. The first-order valence-corrected chi connectivity index (χ1v) is 8.59. The van der Waals surface area contributed by atoms with Crippen molar-refractivity contribution in [2.24, 2.45) is 5.14 Å². The predicted molar refractivity (Wildman–Crippen MR) is 78.6 cm³/mol. The zero-order chi connectivity index (χ0) is 16.8. The average molecular weight is 337 g/mol. The highest BCUT2D eigenvalue weighted by Crippen LogP contribution is 2.24. The fraction of sp³-hybridized carbons (Fsp3) is 0.357. The Bertz CT molecular complexity index is 765. The van der Waals surface area contributed by atoms with Gasteiger partial charge >= 0.3 is 0 Å². The largest absolute Gasteiger partial charge is 0.334 e. The molecule has 1 aromatic carbocycles. The van der Waals surface area contributed by atoms with E-state index in [0.717, 1.165) is 0 Å². The van der Waals surface area contributed by atoms with E-state index in [1.807, 2.05) is 0 Å². The van der Waals surface area contributed by atoms with Gasteiger partial charge in [0, 0.05) is 31.5 Å². The first-order chi connectivity index (χ1) is 10.8. The third-order valence-electron chi connectivity index (χ3n) is 4.03. The van der Waals surface area contributed by atoms with Crippen LogP contribution in [0.2, 0.25) is 0 Å². The minimum atomic E-state index is -3.80. The van der Waals surface area contributed by atoms with Crippen molar-refractivity contribution in [1.82, 2.24) is 9.80 Å². The van der Waals surface area contributed by atoms with Crippen molar-refractivity contribution in [1.29, 1.82) is 0 Å². The highest BCUT2D eigenvalue weighted by Gasteiger charge is 2.42. The van der Waals surface area contributed by atoms with Crippen LogP contribution >= 0.6 is 0 Å². The van der Waals surface area contributed by atoms with Crippen molar-refractivity contribution < 1.29 is 22.8 Å². The first kappa shape index (κ1) is 15.6. The number of benzene rings is 1. The van der Waals surface area contributed by atoms with Crippen LogP contribution in [-0.4, -0.2) is 55.1 Å². The topological polar surface area (TPSA) is 118 Å². The van der Waals surface area contributed by atoms with Gasteiger partial charge in [0.25, 0.3) is 5.91 Å². The van der Waals surface area contributed by atoms with E-state index in [1.165, 1.54) is 34.1 Å². The van der Waals surface area contributed by atoms with Gasteiger partial charge in [-0.15, -0.1) is 0 Å². The van der Waals surface area contributed by atoms with Gasteiger partial charge < -0.3 is 4.90 Å². The molecule has 122 valence electrons. The molecule has 3 amide bonds. The molecule has 3 rings (SSSR count). The van der Waals surface area contributed by atoms with E-state index >= 15 is 0 Å². The number of rotatable bonds is 3. The Labute approximate surface area is 132 Å². The van der Waals surface area contributed by atoms with Crippen molar-refractivity contribution in [2.45, 2.75) is 23.8 Å². The zero-order valence-electron chi connectivity index (χ0n) is 12.1. The third kappa shape index (κ3) is 2.84. The van der Waals surface area contributed by atoms with Crippen LogP contribution in [0.1, 0.15) is 23.2 Å². The summed E-state index contributed by atoms with van der Waals surface area (Å²) in [4.78, 5) is 38.2. The van der Waals surface area contributed by atoms with Crippen LogP contribution in [0.4, 0.5) is 0 Å². The molecule has 0 atom stereocenters. The number of sulfonamides is 1. The second-order valence-corrected chi connectivity index (χ2v) is 7.15. The van der Waals surface area contributed by atoms with Crippen LogP contribution in [0.3, 0.4) is 0 Å². The van der Waals surface area contributed by atoms with Gasteiger partial charge in [-0.3, -0.25) is 19.3 Å². The molecule has 2 aliphatic heterocycles. The van der Waals surface area contributed by atoms with E-state index in [2.05, 4.69) is 0 Å². The quantitative estimate of drug-likeness (QED) is 0.732. The summed E-state index contributed by atoms with van der Waals surface area (Å²) in [5, 5.41) is 5.00. The lowest BCUT2D eigenvalue weighted by molar-refractivity contribution is -0.144. The summed E-state index contributed by atoms with van der Waals surface area (Å²) in [7, 11) is -3.80. The number of nitrogens with two attached hydrogens (primary N) is 1. The molecule has 1 aromatic rings. The van der Waals surface area contributed by atoms with Crippen LogP contribution in [0, 0.1) is 0 Å². The van der Waals surface area contributed by atoms with Gasteiger partial charge in [-0.25, -0.2) is 13.6 Å². The summed E-state index contributed by atoms with van der Waals surface area (Å²) in [6.45, 7) is 0.598. The maximum atomic E-state index is 12.3. The van der Waals surface area contributed by atoms with E-state index in [9.17, 15) is 22.8 Å². The maximum absolute atomic E-state index is 12.3. The summed E-state index contributed by atoms with van der Waals surface area (Å²) in [5.41, 5.74) is 0.329. The Balaban J connectivity index is 1.65. The van der Waals surface area contributed by atoms with Gasteiger partial charge in [-0.2, -0.15) is 0 Å². The maximum Gasteiger partial charge on any atom is 0.253 e. The highest BCUT2D eigenvalue weighted by atomic mass is 32.2. The van der Waals surface area contributed by atoms with Crippen LogP contribution in [-0.2, 0) is 19.6 Å². The van der Waals surface area contributed by atoms with Crippen LogP contribution in [0.5, 0.6) is 0 Å². The van der Waals surface area contributed by atoms with E-state index in [4.69, 9.17) is 5.14 Å². The molecule has 2 fully saturated rings. The van der Waals surface area contributed by atoms with Gasteiger partial charge in [-0.05, 0) is 24.3 Å². The smallest absolute Gasteiger partial charge is 0.253 e. The summed E-state index contributed by atoms with van der Waals surface area (Å²) in [6, 6.07) is 5.06. The molecular formula is C14H15N3O5S. The number of carbonyl (C=O) groups excluding carboxylic acids is 3. The van der Waals surface area contributed by atoms with Crippen LogP contribution in [0.15, 0.2) is 29.2 Å². The van der Waals surface area contributed by atoms with Gasteiger partial charge in [-0.1, -0.05) is 0 Å². The van der Waals surface area contributed by atoms with Crippen LogP contribution in [0.25, 0.3) is 0 Å². The normalized spacial score (nSPS) is 19.2. The van der Waals surface area contributed by atoms with Gasteiger partial charge in [0.1, 0.15) is 0 Å². The number of hydrogen-bond donors (Lipinski definition) is 1. The fourth-order valence-electron chi connectivity index (χ4n) is 2.76. The molecule has 2 saturated heterocycles.